The van der Waals surface area contributed by atoms with Crippen LogP contribution in [0.1, 0.15) is 44.9 Å². The summed E-state index contributed by atoms with van der Waals surface area (Å²) in [6.45, 7) is 9.40. The summed E-state index contributed by atoms with van der Waals surface area (Å²) in [7, 11) is 1.69. The average Bonchev–Trinajstić information content (AvgIpc) is 2.94. The number of methoxy groups -OCH3 is 1. The number of nitrogens with zero attached hydrogens (tertiary/aromatic N) is 2. The molecule has 1 aromatic carbocycles. The predicted molar refractivity (Wildman–Crippen MR) is 85.5 cm³/mol. The third-order valence-corrected chi connectivity index (χ3v) is 3.53. The van der Waals surface area contributed by atoms with Crippen LogP contribution in [-0.2, 0) is 12.1 Å². The van der Waals surface area contributed by atoms with E-state index in [-0.39, 0.29) is 11.6 Å². The summed E-state index contributed by atoms with van der Waals surface area (Å²) >= 11 is 0. The number of rotatable bonds is 5. The maximum absolute atomic E-state index is 5.27. The first-order chi connectivity index (χ1) is 9.90. The van der Waals surface area contributed by atoms with E-state index in [0.29, 0.717) is 0 Å². The minimum Gasteiger partial charge on any atom is -0.497 e. The quantitative estimate of drug-likeness (QED) is 0.915. The van der Waals surface area contributed by atoms with Gasteiger partial charge in [-0.3, -0.25) is 4.68 Å². The first-order valence-corrected chi connectivity index (χ1v) is 7.31. The Morgan fingerprint density at radius 2 is 2.10 bits per heavy atom. The average molecular weight is 287 g/mol. The van der Waals surface area contributed by atoms with E-state index < -0.39 is 0 Å². The molecule has 0 saturated carbocycles. The molecular formula is C17H25N3O. The number of nitrogens with one attached hydrogen (secondary N) is 1. The van der Waals surface area contributed by atoms with E-state index in [1.54, 1.807) is 7.11 Å². The zero-order chi connectivity index (χ0) is 15.5. The highest BCUT2D eigenvalue weighted by Crippen LogP contribution is 2.19. The molecule has 0 radical (unpaired) electrons. The van der Waals surface area contributed by atoms with Crippen molar-refractivity contribution in [2.24, 2.45) is 0 Å². The molecule has 1 unspecified atom stereocenters. The Balaban J connectivity index is 1.97. The van der Waals surface area contributed by atoms with Crippen molar-refractivity contribution >= 4 is 0 Å². The van der Waals surface area contributed by atoms with Crippen molar-refractivity contribution < 1.29 is 4.74 Å². The van der Waals surface area contributed by atoms with Crippen LogP contribution in [0.25, 0.3) is 0 Å². The molecule has 0 saturated heterocycles. The number of benzene rings is 1. The van der Waals surface area contributed by atoms with Crippen molar-refractivity contribution in [1.82, 2.24) is 15.1 Å². The van der Waals surface area contributed by atoms with Gasteiger partial charge in [-0.25, -0.2) is 0 Å². The first kappa shape index (κ1) is 15.6. The van der Waals surface area contributed by atoms with E-state index in [2.05, 4.69) is 56.4 Å². The molecule has 0 fully saturated rings. The van der Waals surface area contributed by atoms with Gasteiger partial charge in [0.15, 0.2) is 0 Å². The molecule has 0 aliphatic heterocycles. The second-order valence-corrected chi connectivity index (χ2v) is 6.34. The molecule has 114 valence electrons. The summed E-state index contributed by atoms with van der Waals surface area (Å²) in [6, 6.07) is 8.42. The Morgan fingerprint density at radius 3 is 2.71 bits per heavy atom. The molecule has 4 nitrogen and oxygen atoms in total. The number of hydrogen-bond acceptors (Lipinski definition) is 3. The topological polar surface area (TPSA) is 39.1 Å². The molecule has 0 amide bonds. The highest BCUT2D eigenvalue weighted by Gasteiger charge is 2.14. The maximum Gasteiger partial charge on any atom is 0.119 e. The number of aromatic nitrogens is 2. The lowest BCUT2D eigenvalue weighted by Gasteiger charge is -2.19. The fourth-order valence-electron chi connectivity index (χ4n) is 2.12. The summed E-state index contributed by atoms with van der Waals surface area (Å²) in [5.41, 5.74) is 2.44. The molecule has 1 heterocycles. The zero-order valence-electron chi connectivity index (χ0n) is 13.6. The lowest BCUT2D eigenvalue weighted by Crippen LogP contribution is -2.22. The van der Waals surface area contributed by atoms with Gasteiger partial charge < -0.3 is 10.1 Å². The van der Waals surface area contributed by atoms with Crippen LogP contribution in [0.5, 0.6) is 5.75 Å². The summed E-state index contributed by atoms with van der Waals surface area (Å²) in [4.78, 5) is 0. The predicted octanol–water partition coefficient (Wildman–Crippen LogP) is 3.50. The molecule has 0 aliphatic rings. The van der Waals surface area contributed by atoms with Crippen molar-refractivity contribution in [3.63, 3.8) is 0 Å². The Labute approximate surface area is 127 Å². The molecule has 0 aliphatic carbocycles. The van der Waals surface area contributed by atoms with Gasteiger partial charge in [-0.15, -0.1) is 0 Å². The van der Waals surface area contributed by atoms with Gasteiger partial charge >= 0.3 is 0 Å². The number of ether oxygens (including phenoxy) is 1. The van der Waals surface area contributed by atoms with Crippen LogP contribution in [-0.4, -0.2) is 16.9 Å². The Hall–Kier alpha value is -1.81. The van der Waals surface area contributed by atoms with Gasteiger partial charge in [-0.2, -0.15) is 5.10 Å². The van der Waals surface area contributed by atoms with Crippen LogP contribution in [0.15, 0.2) is 36.7 Å². The molecule has 2 rings (SSSR count). The molecule has 0 bridgehead atoms. The van der Waals surface area contributed by atoms with Crippen LogP contribution in [0.2, 0.25) is 0 Å². The summed E-state index contributed by atoms with van der Waals surface area (Å²) in [6.07, 6.45) is 4.03. The van der Waals surface area contributed by atoms with E-state index in [0.717, 1.165) is 12.3 Å². The lowest BCUT2D eigenvalue weighted by molar-refractivity contribution is 0.355. The van der Waals surface area contributed by atoms with Crippen molar-refractivity contribution in [3.8, 4) is 5.75 Å². The van der Waals surface area contributed by atoms with Gasteiger partial charge in [0.05, 0.1) is 18.8 Å². The molecular weight excluding hydrogens is 262 g/mol. The van der Waals surface area contributed by atoms with Crippen LogP contribution in [0, 0.1) is 0 Å². The largest absolute Gasteiger partial charge is 0.497 e. The Kier molecular flexibility index (Phi) is 4.68. The smallest absolute Gasteiger partial charge is 0.119 e. The molecule has 1 aromatic heterocycles. The third kappa shape index (κ3) is 4.08. The maximum atomic E-state index is 5.27. The molecule has 1 atom stereocenters. The summed E-state index contributed by atoms with van der Waals surface area (Å²) in [5.74, 6) is 0.890. The van der Waals surface area contributed by atoms with Gasteiger partial charge in [0.2, 0.25) is 0 Å². The summed E-state index contributed by atoms with van der Waals surface area (Å²) < 4.78 is 7.27. The van der Waals surface area contributed by atoms with Crippen molar-refractivity contribution in [2.75, 3.05) is 7.11 Å². The molecule has 2 aromatic rings. The van der Waals surface area contributed by atoms with E-state index in [1.165, 1.54) is 11.1 Å². The van der Waals surface area contributed by atoms with E-state index >= 15 is 0 Å². The minimum absolute atomic E-state index is 0.0245. The van der Waals surface area contributed by atoms with Crippen molar-refractivity contribution in [3.05, 3.63) is 47.8 Å². The second kappa shape index (κ2) is 6.31. The third-order valence-electron chi connectivity index (χ3n) is 3.53. The van der Waals surface area contributed by atoms with Crippen LogP contribution in [0.3, 0.4) is 0 Å². The van der Waals surface area contributed by atoms with Gasteiger partial charge in [-0.05, 0) is 45.4 Å². The number of hydrogen-bond donors (Lipinski definition) is 1. The van der Waals surface area contributed by atoms with Crippen molar-refractivity contribution in [2.45, 2.75) is 45.8 Å². The van der Waals surface area contributed by atoms with Crippen molar-refractivity contribution in [1.29, 1.82) is 0 Å². The SMILES string of the molecule is COc1cccc(C(C)NCc2cnn(C(C)(C)C)c2)c1. The highest BCUT2D eigenvalue weighted by molar-refractivity contribution is 5.30. The fourth-order valence-corrected chi connectivity index (χ4v) is 2.12. The standard InChI is InChI=1S/C17H25N3O/c1-13(15-7-6-8-16(9-15)21-5)18-10-14-11-19-20(12-14)17(2,3)4/h6-9,11-13,18H,10H2,1-5H3. The molecule has 1 N–H and O–H groups in total. The highest BCUT2D eigenvalue weighted by atomic mass is 16.5. The lowest BCUT2D eigenvalue weighted by atomic mass is 10.1. The Morgan fingerprint density at radius 1 is 1.33 bits per heavy atom. The minimum atomic E-state index is 0.0245. The monoisotopic (exact) mass is 287 g/mol. The molecule has 21 heavy (non-hydrogen) atoms. The van der Waals surface area contributed by atoms with Crippen LogP contribution in [0.4, 0.5) is 0 Å². The molecule has 4 heteroatoms. The van der Waals surface area contributed by atoms with E-state index in [4.69, 9.17) is 4.74 Å². The van der Waals surface area contributed by atoms with Crippen LogP contribution < -0.4 is 10.1 Å². The van der Waals surface area contributed by atoms with E-state index in [1.807, 2.05) is 23.0 Å². The normalized spacial score (nSPS) is 13.2. The molecule has 0 spiro atoms. The van der Waals surface area contributed by atoms with Gasteiger partial charge in [0.25, 0.3) is 0 Å². The van der Waals surface area contributed by atoms with Gasteiger partial charge in [-0.1, -0.05) is 12.1 Å². The van der Waals surface area contributed by atoms with E-state index in [9.17, 15) is 0 Å². The fraction of sp³-hybridized carbons (Fsp3) is 0.471. The second-order valence-electron chi connectivity index (χ2n) is 6.34. The summed E-state index contributed by atoms with van der Waals surface area (Å²) in [5, 5.41) is 7.94. The first-order valence-electron chi connectivity index (χ1n) is 7.31. The van der Waals surface area contributed by atoms with Gasteiger partial charge in [0, 0.05) is 24.3 Å². The zero-order valence-corrected chi connectivity index (χ0v) is 13.6. The Bertz CT molecular complexity index is 584. The van der Waals surface area contributed by atoms with Crippen LogP contribution >= 0.6 is 0 Å². The van der Waals surface area contributed by atoms with Gasteiger partial charge in [0.1, 0.15) is 5.75 Å².